The van der Waals surface area contributed by atoms with Gasteiger partial charge in [-0.3, -0.25) is 0 Å². The van der Waals surface area contributed by atoms with E-state index in [9.17, 15) is 0 Å². The molecule has 0 radical (unpaired) electrons. The van der Waals surface area contributed by atoms with Crippen LogP contribution >= 0.6 is 0 Å². The predicted molar refractivity (Wildman–Crippen MR) is 113 cm³/mol. The molecule has 3 rings (SSSR count). The highest BCUT2D eigenvalue weighted by atomic mass is 15.3. The van der Waals surface area contributed by atoms with Crippen LogP contribution in [0.3, 0.4) is 0 Å². The fourth-order valence-electron chi connectivity index (χ4n) is 3.06. The second-order valence-corrected chi connectivity index (χ2v) is 7.01. The monoisotopic (exact) mass is 382 g/mol. The van der Waals surface area contributed by atoms with Crippen molar-refractivity contribution in [1.82, 2.24) is 9.97 Å². The standard InChI is InChI=1S/C23H22N6/c1-17-14-26-23(29(3)16-21-10-6-19(13-25)7-11-21)27-22(17)28(2)15-20-8-4-18(12-24)5-9-20/h4-11,14H,15-16H2,1-3H3. The lowest BCUT2D eigenvalue weighted by molar-refractivity contribution is 0.836. The van der Waals surface area contributed by atoms with E-state index in [0.717, 1.165) is 22.5 Å². The molecule has 2 aromatic carbocycles. The summed E-state index contributed by atoms with van der Waals surface area (Å²) in [6.07, 6.45) is 1.84. The van der Waals surface area contributed by atoms with Crippen LogP contribution in [0.25, 0.3) is 0 Å². The Morgan fingerprint density at radius 2 is 1.28 bits per heavy atom. The number of nitrogens with zero attached hydrogens (tertiary/aromatic N) is 6. The second-order valence-electron chi connectivity index (χ2n) is 7.01. The average Bonchev–Trinajstić information content (AvgIpc) is 2.75. The van der Waals surface area contributed by atoms with Gasteiger partial charge >= 0.3 is 0 Å². The molecular weight excluding hydrogens is 360 g/mol. The summed E-state index contributed by atoms with van der Waals surface area (Å²) < 4.78 is 0. The summed E-state index contributed by atoms with van der Waals surface area (Å²) in [6.45, 7) is 3.32. The third kappa shape index (κ3) is 4.88. The van der Waals surface area contributed by atoms with Gasteiger partial charge < -0.3 is 9.80 Å². The highest BCUT2D eigenvalue weighted by molar-refractivity contribution is 5.50. The maximum absolute atomic E-state index is 8.94. The van der Waals surface area contributed by atoms with Crippen LogP contribution in [0.15, 0.2) is 54.7 Å². The molecule has 0 atom stereocenters. The highest BCUT2D eigenvalue weighted by Crippen LogP contribution is 2.21. The van der Waals surface area contributed by atoms with Crippen LogP contribution in [0.1, 0.15) is 27.8 Å². The molecule has 0 spiro atoms. The van der Waals surface area contributed by atoms with Crippen molar-refractivity contribution in [2.45, 2.75) is 20.0 Å². The maximum atomic E-state index is 8.94. The van der Waals surface area contributed by atoms with Crippen LogP contribution in [-0.2, 0) is 13.1 Å². The fraction of sp³-hybridized carbons (Fsp3) is 0.217. The minimum absolute atomic E-state index is 0.640. The van der Waals surface area contributed by atoms with Gasteiger partial charge in [0.25, 0.3) is 0 Å². The lowest BCUT2D eigenvalue weighted by atomic mass is 10.1. The molecule has 1 aromatic heterocycles. The van der Waals surface area contributed by atoms with Crippen molar-refractivity contribution in [2.24, 2.45) is 0 Å². The van der Waals surface area contributed by atoms with Crippen LogP contribution in [0.5, 0.6) is 0 Å². The van der Waals surface area contributed by atoms with Crippen LogP contribution < -0.4 is 9.80 Å². The van der Waals surface area contributed by atoms with E-state index in [2.05, 4.69) is 22.0 Å². The van der Waals surface area contributed by atoms with E-state index in [-0.39, 0.29) is 0 Å². The third-order valence-electron chi connectivity index (χ3n) is 4.64. The van der Waals surface area contributed by atoms with E-state index in [4.69, 9.17) is 15.5 Å². The van der Waals surface area contributed by atoms with Gasteiger partial charge in [-0.2, -0.15) is 15.5 Å². The number of rotatable bonds is 6. The Morgan fingerprint density at radius 3 is 1.76 bits per heavy atom. The first-order chi connectivity index (χ1) is 14.0. The van der Waals surface area contributed by atoms with E-state index in [1.165, 1.54) is 0 Å². The summed E-state index contributed by atoms with van der Waals surface area (Å²) in [5, 5.41) is 17.9. The Kier molecular flexibility index (Phi) is 6.06. The van der Waals surface area contributed by atoms with E-state index in [0.29, 0.717) is 30.2 Å². The van der Waals surface area contributed by atoms with E-state index >= 15 is 0 Å². The summed E-state index contributed by atoms with van der Waals surface area (Å²) in [6, 6.07) is 19.4. The van der Waals surface area contributed by atoms with Crippen LogP contribution in [0, 0.1) is 29.6 Å². The molecule has 0 saturated carbocycles. The van der Waals surface area contributed by atoms with Crippen molar-refractivity contribution in [2.75, 3.05) is 23.9 Å². The zero-order chi connectivity index (χ0) is 20.8. The van der Waals surface area contributed by atoms with E-state index < -0.39 is 0 Å². The Balaban J connectivity index is 1.75. The molecule has 0 aliphatic rings. The molecule has 0 aliphatic carbocycles. The zero-order valence-corrected chi connectivity index (χ0v) is 16.8. The maximum Gasteiger partial charge on any atom is 0.227 e. The Hall–Kier alpha value is -3.90. The zero-order valence-electron chi connectivity index (χ0n) is 16.8. The number of aromatic nitrogens is 2. The molecule has 1 heterocycles. The normalized spacial score (nSPS) is 10.1. The molecular formula is C23H22N6. The minimum atomic E-state index is 0.640. The molecule has 0 saturated heterocycles. The average molecular weight is 382 g/mol. The Morgan fingerprint density at radius 1 is 0.793 bits per heavy atom. The SMILES string of the molecule is Cc1cnc(N(C)Cc2ccc(C#N)cc2)nc1N(C)Cc1ccc(C#N)cc1. The van der Waals surface area contributed by atoms with Crippen molar-refractivity contribution in [1.29, 1.82) is 10.5 Å². The van der Waals surface area contributed by atoms with Crippen molar-refractivity contribution >= 4 is 11.8 Å². The Labute approximate surface area is 171 Å². The van der Waals surface area contributed by atoms with Gasteiger partial charge in [-0.25, -0.2) is 4.98 Å². The smallest absolute Gasteiger partial charge is 0.227 e. The molecule has 6 nitrogen and oxygen atoms in total. The largest absolute Gasteiger partial charge is 0.355 e. The number of aryl methyl sites for hydroxylation is 1. The first-order valence-corrected chi connectivity index (χ1v) is 9.24. The summed E-state index contributed by atoms with van der Waals surface area (Å²) in [5.74, 6) is 1.51. The first kappa shape index (κ1) is 19.9. The number of hydrogen-bond donors (Lipinski definition) is 0. The van der Waals surface area contributed by atoms with Crippen LogP contribution in [0.4, 0.5) is 11.8 Å². The summed E-state index contributed by atoms with van der Waals surface area (Å²) >= 11 is 0. The van der Waals surface area contributed by atoms with Crippen molar-refractivity contribution in [3.63, 3.8) is 0 Å². The fourth-order valence-corrected chi connectivity index (χ4v) is 3.06. The summed E-state index contributed by atoms with van der Waals surface area (Å²) in [7, 11) is 3.95. The molecule has 0 fully saturated rings. The van der Waals surface area contributed by atoms with Gasteiger partial charge in [-0.1, -0.05) is 24.3 Å². The number of nitriles is 2. The quantitative estimate of drug-likeness (QED) is 0.645. The summed E-state index contributed by atoms with van der Waals surface area (Å²) in [5.41, 5.74) is 4.49. The Bertz CT molecular complexity index is 1060. The number of anilines is 2. The number of benzene rings is 2. The van der Waals surface area contributed by atoms with Gasteiger partial charge in [0.2, 0.25) is 5.95 Å². The third-order valence-corrected chi connectivity index (χ3v) is 4.64. The second kappa shape index (κ2) is 8.86. The topological polar surface area (TPSA) is 79.8 Å². The van der Waals surface area contributed by atoms with Gasteiger partial charge in [0.1, 0.15) is 5.82 Å². The lowest BCUT2D eigenvalue weighted by Crippen LogP contribution is -2.23. The van der Waals surface area contributed by atoms with Crippen molar-refractivity contribution < 1.29 is 0 Å². The van der Waals surface area contributed by atoms with Crippen molar-refractivity contribution in [3.8, 4) is 12.1 Å². The molecule has 29 heavy (non-hydrogen) atoms. The highest BCUT2D eigenvalue weighted by Gasteiger charge is 2.12. The molecule has 0 unspecified atom stereocenters. The van der Waals surface area contributed by atoms with E-state index in [1.54, 1.807) is 0 Å². The molecule has 6 heteroatoms. The lowest BCUT2D eigenvalue weighted by Gasteiger charge is -2.23. The van der Waals surface area contributed by atoms with Crippen LogP contribution in [-0.4, -0.2) is 24.1 Å². The van der Waals surface area contributed by atoms with Crippen molar-refractivity contribution in [3.05, 3.63) is 82.5 Å². The molecule has 0 aliphatic heterocycles. The number of hydrogen-bond acceptors (Lipinski definition) is 6. The van der Waals surface area contributed by atoms with Gasteiger partial charge in [-0.15, -0.1) is 0 Å². The van der Waals surface area contributed by atoms with Gasteiger partial charge in [-0.05, 0) is 42.3 Å². The molecule has 3 aromatic rings. The predicted octanol–water partition coefficient (Wildman–Crippen LogP) is 3.80. The van der Waals surface area contributed by atoms with E-state index in [1.807, 2.05) is 80.6 Å². The van der Waals surface area contributed by atoms with Gasteiger partial charge in [0, 0.05) is 38.9 Å². The first-order valence-electron chi connectivity index (χ1n) is 9.24. The molecule has 144 valence electrons. The van der Waals surface area contributed by atoms with Gasteiger partial charge in [0.05, 0.1) is 23.3 Å². The minimum Gasteiger partial charge on any atom is -0.355 e. The summed E-state index contributed by atoms with van der Waals surface area (Å²) in [4.78, 5) is 13.3. The van der Waals surface area contributed by atoms with Gasteiger partial charge in [0.15, 0.2) is 0 Å². The molecule has 0 bridgehead atoms. The van der Waals surface area contributed by atoms with Crippen LogP contribution in [0.2, 0.25) is 0 Å². The molecule has 0 amide bonds. The molecule has 0 N–H and O–H groups in total.